The standard InChI is InChI=1S/C17H22FN3O4S/c18-14-4-2-1-3-13(14)15-11-20(17(19)23)7-8-21(15)16(22)12-5-9-26(24,25)10-6-12/h1-4,12,15H,5-11H2,(H2,19,23). The lowest BCUT2D eigenvalue weighted by Gasteiger charge is -2.42. The van der Waals surface area contributed by atoms with Crippen molar-refractivity contribution >= 4 is 21.8 Å². The highest BCUT2D eigenvalue weighted by atomic mass is 32.2. The predicted octanol–water partition coefficient (Wildman–Crippen LogP) is 0.915. The van der Waals surface area contributed by atoms with Gasteiger partial charge in [0.05, 0.1) is 17.5 Å². The van der Waals surface area contributed by atoms with Crippen molar-refractivity contribution < 1.29 is 22.4 Å². The van der Waals surface area contributed by atoms with Gasteiger partial charge in [-0.15, -0.1) is 0 Å². The molecule has 2 fully saturated rings. The number of rotatable bonds is 2. The zero-order chi connectivity index (χ0) is 18.9. The third-order valence-corrected chi connectivity index (χ3v) is 6.86. The Kier molecular flexibility index (Phi) is 5.17. The van der Waals surface area contributed by atoms with E-state index in [4.69, 9.17) is 5.73 Å². The van der Waals surface area contributed by atoms with Crippen molar-refractivity contribution in [1.82, 2.24) is 9.80 Å². The van der Waals surface area contributed by atoms with Crippen LogP contribution >= 0.6 is 0 Å². The minimum atomic E-state index is -3.07. The van der Waals surface area contributed by atoms with Gasteiger partial charge in [0.15, 0.2) is 0 Å². The van der Waals surface area contributed by atoms with Crippen LogP contribution in [0.5, 0.6) is 0 Å². The molecule has 7 nitrogen and oxygen atoms in total. The number of urea groups is 1. The van der Waals surface area contributed by atoms with E-state index in [0.29, 0.717) is 5.56 Å². The van der Waals surface area contributed by atoms with Crippen LogP contribution in [-0.4, -0.2) is 61.3 Å². The van der Waals surface area contributed by atoms with Crippen molar-refractivity contribution in [3.63, 3.8) is 0 Å². The normalized spacial score (nSPS) is 23.7. The molecule has 1 atom stereocenters. The molecular formula is C17H22FN3O4S. The molecule has 2 aliphatic heterocycles. The van der Waals surface area contributed by atoms with E-state index in [9.17, 15) is 22.4 Å². The van der Waals surface area contributed by atoms with Gasteiger partial charge < -0.3 is 15.5 Å². The Hall–Kier alpha value is -2.16. The molecule has 0 aromatic heterocycles. The molecule has 3 rings (SSSR count). The molecule has 9 heteroatoms. The first-order valence-corrected chi connectivity index (χ1v) is 10.4. The van der Waals surface area contributed by atoms with Crippen LogP contribution in [0.15, 0.2) is 24.3 Å². The minimum absolute atomic E-state index is 0.00494. The Morgan fingerprint density at radius 2 is 1.77 bits per heavy atom. The third-order valence-electron chi connectivity index (χ3n) is 5.14. The summed E-state index contributed by atoms with van der Waals surface area (Å²) in [5.41, 5.74) is 5.69. The summed E-state index contributed by atoms with van der Waals surface area (Å²) < 4.78 is 37.6. The molecule has 1 aromatic rings. The van der Waals surface area contributed by atoms with Gasteiger partial charge in [-0.05, 0) is 18.9 Å². The Bertz CT molecular complexity index is 800. The second kappa shape index (κ2) is 7.22. The van der Waals surface area contributed by atoms with Crippen molar-refractivity contribution in [2.75, 3.05) is 31.1 Å². The van der Waals surface area contributed by atoms with Gasteiger partial charge in [-0.1, -0.05) is 18.2 Å². The zero-order valence-corrected chi connectivity index (χ0v) is 15.1. The number of halogens is 1. The number of primary amides is 1. The maximum absolute atomic E-state index is 14.3. The summed E-state index contributed by atoms with van der Waals surface area (Å²) in [5.74, 6) is -1.04. The average Bonchev–Trinajstić information content (AvgIpc) is 2.61. The fraction of sp³-hybridized carbons (Fsp3) is 0.529. The first kappa shape index (κ1) is 18.6. The van der Waals surface area contributed by atoms with E-state index in [0.717, 1.165) is 0 Å². The summed E-state index contributed by atoms with van der Waals surface area (Å²) in [4.78, 5) is 27.5. The van der Waals surface area contributed by atoms with Gasteiger partial charge >= 0.3 is 6.03 Å². The van der Waals surface area contributed by atoms with Crippen molar-refractivity contribution in [2.24, 2.45) is 11.7 Å². The fourth-order valence-electron chi connectivity index (χ4n) is 3.63. The molecule has 1 unspecified atom stereocenters. The van der Waals surface area contributed by atoms with Crippen LogP contribution in [0.4, 0.5) is 9.18 Å². The smallest absolute Gasteiger partial charge is 0.314 e. The number of carbonyl (C=O) groups excluding carboxylic acids is 2. The van der Waals surface area contributed by atoms with Gasteiger partial charge in [-0.2, -0.15) is 0 Å². The van der Waals surface area contributed by atoms with Gasteiger partial charge in [0.1, 0.15) is 15.7 Å². The molecule has 0 spiro atoms. The van der Waals surface area contributed by atoms with Crippen molar-refractivity contribution in [3.8, 4) is 0 Å². The Morgan fingerprint density at radius 3 is 2.38 bits per heavy atom. The highest BCUT2D eigenvalue weighted by Crippen LogP contribution is 2.31. The van der Waals surface area contributed by atoms with E-state index in [1.807, 2.05) is 0 Å². The van der Waals surface area contributed by atoms with E-state index in [1.54, 1.807) is 23.1 Å². The number of nitrogens with zero attached hydrogens (tertiary/aromatic N) is 2. The monoisotopic (exact) mass is 383 g/mol. The molecule has 2 N–H and O–H groups in total. The lowest BCUT2D eigenvalue weighted by molar-refractivity contribution is -0.140. The molecule has 3 amide bonds. The summed E-state index contributed by atoms with van der Waals surface area (Å²) >= 11 is 0. The SMILES string of the molecule is NC(=O)N1CCN(C(=O)C2CCS(=O)(=O)CC2)C(c2ccccc2F)C1. The van der Waals surface area contributed by atoms with Gasteiger partial charge in [-0.25, -0.2) is 17.6 Å². The van der Waals surface area contributed by atoms with Crippen molar-refractivity contribution in [2.45, 2.75) is 18.9 Å². The predicted molar refractivity (Wildman–Crippen MR) is 93.4 cm³/mol. The highest BCUT2D eigenvalue weighted by Gasteiger charge is 2.38. The van der Waals surface area contributed by atoms with Crippen LogP contribution in [0.2, 0.25) is 0 Å². The molecule has 0 radical (unpaired) electrons. The number of nitrogens with two attached hydrogens (primary N) is 1. The molecule has 26 heavy (non-hydrogen) atoms. The van der Waals surface area contributed by atoms with Crippen LogP contribution in [0.25, 0.3) is 0 Å². The number of hydrogen-bond acceptors (Lipinski definition) is 4. The molecule has 2 saturated heterocycles. The van der Waals surface area contributed by atoms with Crippen molar-refractivity contribution in [3.05, 3.63) is 35.6 Å². The molecule has 2 aliphatic rings. The zero-order valence-electron chi connectivity index (χ0n) is 14.3. The van der Waals surface area contributed by atoms with Gasteiger partial charge in [0.25, 0.3) is 0 Å². The number of benzene rings is 1. The second-order valence-electron chi connectivity index (χ2n) is 6.78. The molecule has 0 aliphatic carbocycles. The topological polar surface area (TPSA) is 101 Å². The Morgan fingerprint density at radius 1 is 1.12 bits per heavy atom. The van der Waals surface area contributed by atoms with Crippen LogP contribution in [0.3, 0.4) is 0 Å². The van der Waals surface area contributed by atoms with Crippen LogP contribution in [-0.2, 0) is 14.6 Å². The van der Waals surface area contributed by atoms with Crippen LogP contribution in [0.1, 0.15) is 24.4 Å². The molecular weight excluding hydrogens is 361 g/mol. The Balaban J connectivity index is 1.85. The number of amides is 3. The van der Waals surface area contributed by atoms with Crippen molar-refractivity contribution in [1.29, 1.82) is 0 Å². The quantitative estimate of drug-likeness (QED) is 0.820. The van der Waals surface area contributed by atoms with E-state index in [2.05, 4.69) is 0 Å². The first-order valence-electron chi connectivity index (χ1n) is 8.58. The maximum Gasteiger partial charge on any atom is 0.314 e. The fourth-order valence-corrected chi connectivity index (χ4v) is 5.12. The van der Waals surface area contributed by atoms with E-state index >= 15 is 0 Å². The number of hydrogen-bond donors (Lipinski definition) is 1. The summed E-state index contributed by atoms with van der Waals surface area (Å²) in [6.07, 6.45) is 0.558. The number of piperazine rings is 1. The summed E-state index contributed by atoms with van der Waals surface area (Å²) in [6.45, 7) is 0.633. The largest absolute Gasteiger partial charge is 0.351 e. The number of sulfone groups is 1. The highest BCUT2D eigenvalue weighted by molar-refractivity contribution is 7.91. The van der Waals surface area contributed by atoms with Gasteiger partial charge in [0.2, 0.25) is 5.91 Å². The second-order valence-corrected chi connectivity index (χ2v) is 9.08. The van der Waals surface area contributed by atoms with Gasteiger partial charge in [0, 0.05) is 31.1 Å². The van der Waals surface area contributed by atoms with Crippen LogP contribution in [0, 0.1) is 11.7 Å². The Labute approximate surface area is 151 Å². The van der Waals surface area contributed by atoms with E-state index in [1.165, 1.54) is 11.0 Å². The lowest BCUT2D eigenvalue weighted by atomic mass is 9.96. The summed E-state index contributed by atoms with van der Waals surface area (Å²) in [6, 6.07) is 4.90. The maximum atomic E-state index is 14.3. The summed E-state index contributed by atoms with van der Waals surface area (Å²) in [5, 5.41) is 0. The van der Waals surface area contributed by atoms with E-state index < -0.39 is 33.6 Å². The number of carbonyl (C=O) groups is 2. The first-order chi connectivity index (χ1) is 12.3. The molecule has 2 heterocycles. The lowest BCUT2D eigenvalue weighted by Crippen LogP contribution is -2.55. The molecule has 1 aromatic carbocycles. The third kappa shape index (κ3) is 3.82. The minimum Gasteiger partial charge on any atom is -0.351 e. The molecule has 0 bridgehead atoms. The van der Waals surface area contributed by atoms with E-state index in [-0.39, 0.29) is 49.9 Å². The van der Waals surface area contributed by atoms with Crippen LogP contribution < -0.4 is 5.73 Å². The molecule has 0 saturated carbocycles. The van der Waals surface area contributed by atoms with Gasteiger partial charge in [-0.3, -0.25) is 4.79 Å². The average molecular weight is 383 g/mol. The summed E-state index contributed by atoms with van der Waals surface area (Å²) in [7, 11) is -3.07. The molecule has 142 valence electrons.